The van der Waals surface area contributed by atoms with Crippen LogP contribution in [0.2, 0.25) is 0 Å². The zero-order chi connectivity index (χ0) is 29.9. The molecule has 0 aliphatic carbocycles. The van der Waals surface area contributed by atoms with Crippen molar-refractivity contribution in [1.82, 2.24) is 14.9 Å². The van der Waals surface area contributed by atoms with Gasteiger partial charge in [0.2, 0.25) is 0 Å². The highest BCUT2D eigenvalue weighted by Gasteiger charge is 2.35. The molecule has 43 heavy (non-hydrogen) atoms. The number of carbonyl (C=O) groups excluding carboxylic acids is 2. The molecule has 224 valence electrons. The number of anilines is 4. The van der Waals surface area contributed by atoms with Gasteiger partial charge < -0.3 is 29.6 Å². The molecule has 0 radical (unpaired) electrons. The maximum atomic E-state index is 13.6. The smallest absolute Gasteiger partial charge is 0.332 e. The van der Waals surface area contributed by atoms with E-state index in [0.717, 1.165) is 38.4 Å². The van der Waals surface area contributed by atoms with Gasteiger partial charge in [-0.2, -0.15) is 0 Å². The summed E-state index contributed by atoms with van der Waals surface area (Å²) in [7, 11) is 3.13. The predicted octanol–water partition coefficient (Wildman–Crippen LogP) is 5.29. The summed E-state index contributed by atoms with van der Waals surface area (Å²) in [5.74, 6) is 1.70. The summed E-state index contributed by atoms with van der Waals surface area (Å²) < 4.78 is 23.0. The van der Waals surface area contributed by atoms with E-state index in [1.54, 1.807) is 38.5 Å². The third-order valence-electron chi connectivity index (χ3n) is 7.19. The Bertz CT molecular complexity index is 1680. The van der Waals surface area contributed by atoms with Crippen LogP contribution >= 0.6 is 33.9 Å². The Hall–Kier alpha value is -3.73. The third kappa shape index (κ3) is 5.91. The van der Waals surface area contributed by atoms with Gasteiger partial charge in [0.25, 0.3) is 5.91 Å². The number of nitrogens with zero attached hydrogens (tertiary/aromatic N) is 4. The van der Waals surface area contributed by atoms with Gasteiger partial charge in [-0.25, -0.2) is 19.7 Å². The summed E-state index contributed by atoms with van der Waals surface area (Å²) in [5, 5.41) is 6.44. The number of methoxy groups -OCH3 is 2. The lowest BCUT2D eigenvalue weighted by Gasteiger charge is -2.28. The van der Waals surface area contributed by atoms with Crippen molar-refractivity contribution in [3.8, 4) is 17.2 Å². The summed E-state index contributed by atoms with van der Waals surface area (Å²) in [6, 6.07) is 10.4. The van der Waals surface area contributed by atoms with Gasteiger partial charge in [0, 0.05) is 41.9 Å². The van der Waals surface area contributed by atoms with E-state index >= 15 is 0 Å². The summed E-state index contributed by atoms with van der Waals surface area (Å²) in [6.07, 6.45) is 1.40. The van der Waals surface area contributed by atoms with Gasteiger partial charge in [-0.1, -0.05) is 28.7 Å². The molecule has 2 N–H and O–H groups in total. The van der Waals surface area contributed by atoms with Crippen molar-refractivity contribution in [3.63, 3.8) is 0 Å². The number of hydrogen-bond donors (Lipinski definition) is 2. The van der Waals surface area contributed by atoms with E-state index in [9.17, 15) is 9.59 Å². The number of nitrogens with one attached hydrogen (secondary N) is 2. The molecule has 2 aliphatic rings. The van der Waals surface area contributed by atoms with Crippen molar-refractivity contribution >= 4 is 79.0 Å². The Morgan fingerprint density at radius 3 is 2.72 bits per heavy atom. The SMILES string of the molecule is COc1ccc(CI)c(N2C(=O)Nc3c(C(=O)Nc4ccc(OCCN5CCOCC5)c(OC)c4)sc4ncnc2c34)c1. The van der Waals surface area contributed by atoms with Crippen molar-refractivity contribution in [3.05, 3.63) is 53.2 Å². The van der Waals surface area contributed by atoms with Crippen LogP contribution in [0.25, 0.3) is 10.2 Å². The van der Waals surface area contributed by atoms with E-state index in [1.807, 2.05) is 12.1 Å². The molecule has 2 aromatic heterocycles. The molecule has 0 spiro atoms. The van der Waals surface area contributed by atoms with Gasteiger partial charge in [-0.05, 0) is 23.8 Å². The predicted molar refractivity (Wildman–Crippen MR) is 173 cm³/mol. The number of carbonyl (C=O) groups is 2. The Labute approximate surface area is 265 Å². The molecule has 14 heteroatoms. The molecule has 12 nitrogen and oxygen atoms in total. The van der Waals surface area contributed by atoms with Crippen LogP contribution in [0.15, 0.2) is 42.7 Å². The molecule has 4 aromatic rings. The number of benzene rings is 2. The highest BCUT2D eigenvalue weighted by atomic mass is 127. The van der Waals surface area contributed by atoms with Crippen LogP contribution in [0, 0.1) is 0 Å². The second-order valence-electron chi connectivity index (χ2n) is 9.70. The first kappa shape index (κ1) is 29.3. The molecular weight excluding hydrogens is 687 g/mol. The van der Waals surface area contributed by atoms with Crippen LogP contribution in [0.4, 0.5) is 27.7 Å². The van der Waals surface area contributed by atoms with Gasteiger partial charge in [0.1, 0.15) is 28.4 Å². The largest absolute Gasteiger partial charge is 0.497 e. The minimum absolute atomic E-state index is 0.314. The number of urea groups is 1. The number of thiophene rings is 1. The number of alkyl halides is 1. The fourth-order valence-corrected chi connectivity index (χ4v) is 6.64. The van der Waals surface area contributed by atoms with E-state index in [1.165, 1.54) is 22.6 Å². The Kier molecular flexibility index (Phi) is 8.78. The van der Waals surface area contributed by atoms with E-state index in [-0.39, 0.29) is 0 Å². The maximum absolute atomic E-state index is 13.6. The molecule has 0 saturated carbocycles. The number of aromatic nitrogens is 2. The van der Waals surface area contributed by atoms with Gasteiger partial charge in [-0.15, -0.1) is 11.3 Å². The molecule has 4 heterocycles. The summed E-state index contributed by atoms with van der Waals surface area (Å²) in [4.78, 5) is 40.7. The van der Waals surface area contributed by atoms with Crippen molar-refractivity contribution in [1.29, 1.82) is 0 Å². The standard InChI is InChI=1S/C29H29IN6O6S/c1-39-19-5-3-17(15-30)20(14-19)36-26-23-24(34-29(36)38)25(43-28(23)32-16-31-26)27(37)33-18-4-6-21(22(13-18)40-2)42-12-9-35-7-10-41-11-8-35/h3-6,13-14,16H,7-12,15H2,1-2H3,(H,33,37)(H,34,38). The molecular formula is C29H29IN6O6S. The van der Waals surface area contributed by atoms with Crippen molar-refractivity contribution in [2.24, 2.45) is 0 Å². The van der Waals surface area contributed by atoms with E-state index in [4.69, 9.17) is 18.9 Å². The van der Waals surface area contributed by atoms with Gasteiger partial charge >= 0.3 is 6.03 Å². The normalized spacial score (nSPS) is 14.9. The minimum Gasteiger partial charge on any atom is -0.497 e. The fraction of sp³-hybridized carbons (Fsp3) is 0.310. The number of ether oxygens (including phenoxy) is 4. The minimum atomic E-state index is -0.431. The molecule has 0 bridgehead atoms. The van der Waals surface area contributed by atoms with Gasteiger partial charge in [0.05, 0.1) is 44.2 Å². The van der Waals surface area contributed by atoms with Crippen molar-refractivity contribution in [2.75, 3.05) is 69.2 Å². The van der Waals surface area contributed by atoms with Crippen LogP contribution in [0.1, 0.15) is 15.2 Å². The highest BCUT2D eigenvalue weighted by Crippen LogP contribution is 2.46. The van der Waals surface area contributed by atoms with Crippen LogP contribution < -0.4 is 29.7 Å². The molecule has 1 saturated heterocycles. The van der Waals surface area contributed by atoms with E-state index in [0.29, 0.717) is 66.3 Å². The molecule has 1 fully saturated rings. The van der Waals surface area contributed by atoms with E-state index in [2.05, 4.69) is 48.1 Å². The molecule has 0 atom stereocenters. The van der Waals surface area contributed by atoms with Gasteiger partial charge in [-0.3, -0.25) is 9.69 Å². The quantitative estimate of drug-likeness (QED) is 0.166. The topological polar surface area (TPSA) is 127 Å². The average molecular weight is 717 g/mol. The first-order valence-corrected chi connectivity index (χ1v) is 15.9. The summed E-state index contributed by atoms with van der Waals surface area (Å²) >= 11 is 3.44. The second-order valence-corrected chi connectivity index (χ2v) is 11.5. The van der Waals surface area contributed by atoms with E-state index < -0.39 is 11.9 Å². The Morgan fingerprint density at radius 2 is 1.95 bits per heavy atom. The Balaban J connectivity index is 1.25. The Morgan fingerprint density at radius 1 is 1.12 bits per heavy atom. The van der Waals surface area contributed by atoms with Gasteiger partial charge in [0.15, 0.2) is 17.3 Å². The molecule has 3 amide bonds. The zero-order valence-corrected chi connectivity index (χ0v) is 26.5. The number of morpholine rings is 1. The lowest BCUT2D eigenvalue weighted by Crippen LogP contribution is -2.38. The highest BCUT2D eigenvalue weighted by molar-refractivity contribution is 14.1. The fourth-order valence-electron chi connectivity index (χ4n) is 5.00. The first-order valence-electron chi connectivity index (χ1n) is 13.5. The number of hydrogen-bond acceptors (Lipinski definition) is 10. The molecule has 0 unspecified atom stereocenters. The number of halogens is 1. The number of amides is 3. The van der Waals surface area contributed by atoms with Crippen LogP contribution in [0.5, 0.6) is 17.2 Å². The van der Waals surface area contributed by atoms with Crippen LogP contribution in [0.3, 0.4) is 0 Å². The summed E-state index contributed by atoms with van der Waals surface area (Å²) in [6.45, 7) is 4.52. The molecule has 2 aromatic carbocycles. The van der Waals surface area contributed by atoms with Crippen molar-refractivity contribution in [2.45, 2.75) is 4.43 Å². The lowest BCUT2D eigenvalue weighted by molar-refractivity contribution is 0.0321. The lowest BCUT2D eigenvalue weighted by atomic mass is 10.1. The summed E-state index contributed by atoms with van der Waals surface area (Å²) in [5.41, 5.74) is 2.48. The second kappa shape index (κ2) is 12.9. The third-order valence-corrected chi connectivity index (χ3v) is 9.11. The molecule has 6 rings (SSSR count). The first-order chi connectivity index (χ1) is 21.0. The van der Waals surface area contributed by atoms with Crippen molar-refractivity contribution < 1.29 is 28.5 Å². The van der Waals surface area contributed by atoms with Crippen LogP contribution in [-0.2, 0) is 9.16 Å². The average Bonchev–Trinajstić information content (AvgIpc) is 3.41. The molecule has 2 aliphatic heterocycles. The number of rotatable bonds is 10. The maximum Gasteiger partial charge on any atom is 0.332 e. The van der Waals surface area contributed by atoms with Crippen LogP contribution in [-0.4, -0.2) is 80.5 Å². The zero-order valence-electron chi connectivity index (χ0n) is 23.5. The monoisotopic (exact) mass is 716 g/mol.